The molecule has 0 aliphatic rings. The van der Waals surface area contributed by atoms with Crippen LogP contribution < -0.4 is 5.32 Å². The Hall–Kier alpha value is -0.550. The summed E-state index contributed by atoms with van der Waals surface area (Å²) in [7, 11) is 1.89. The summed E-state index contributed by atoms with van der Waals surface area (Å²) >= 11 is 0. The van der Waals surface area contributed by atoms with E-state index in [0.717, 1.165) is 13.0 Å². The maximum absolute atomic E-state index is 8.02. The van der Waals surface area contributed by atoms with Crippen LogP contribution in [-0.4, -0.2) is 13.6 Å². The highest BCUT2D eigenvalue weighted by Gasteiger charge is 1.78. The first kappa shape index (κ1) is 6.45. The van der Waals surface area contributed by atoms with Crippen LogP contribution in [0.25, 0.3) is 0 Å². The third kappa shape index (κ3) is 5.45. The van der Waals surface area contributed by atoms with E-state index >= 15 is 0 Å². The third-order valence-electron chi connectivity index (χ3n) is 0.715. The Morgan fingerprint density at radius 1 is 1.71 bits per heavy atom. The molecule has 0 aromatic heterocycles. The predicted molar refractivity (Wildman–Crippen MR) is 28.8 cm³/mol. The maximum Gasteiger partial charge on any atom is 0.0622 e. The van der Waals surface area contributed by atoms with Crippen molar-refractivity contribution in [3.05, 3.63) is 0 Å². The fourth-order valence-corrected chi connectivity index (χ4v) is 0.344. The molecule has 0 radical (unpaired) electrons. The second-order valence-corrected chi connectivity index (χ2v) is 1.37. The second-order valence-electron chi connectivity index (χ2n) is 1.37. The molecule has 0 bridgehead atoms. The van der Waals surface area contributed by atoms with Crippen LogP contribution in [0.5, 0.6) is 0 Å². The smallest absolute Gasteiger partial charge is 0.0622 e. The first-order valence-electron chi connectivity index (χ1n) is 2.43. The van der Waals surface area contributed by atoms with Gasteiger partial charge in [-0.25, -0.2) is 0 Å². The Morgan fingerprint density at radius 2 is 2.43 bits per heavy atom. The van der Waals surface area contributed by atoms with Crippen molar-refractivity contribution >= 4 is 0 Å². The van der Waals surface area contributed by atoms with Crippen molar-refractivity contribution in [3.8, 4) is 6.07 Å². The van der Waals surface area contributed by atoms with Crippen molar-refractivity contribution in [2.75, 3.05) is 13.6 Å². The molecule has 0 aromatic rings. The molecule has 0 saturated carbocycles. The van der Waals surface area contributed by atoms with Gasteiger partial charge in [0.2, 0.25) is 0 Å². The minimum Gasteiger partial charge on any atom is -0.320 e. The molecule has 0 atom stereocenters. The van der Waals surface area contributed by atoms with Gasteiger partial charge in [0.05, 0.1) is 6.07 Å². The first-order chi connectivity index (χ1) is 3.41. The van der Waals surface area contributed by atoms with Gasteiger partial charge in [-0.05, 0) is 20.0 Å². The van der Waals surface area contributed by atoms with Crippen molar-refractivity contribution in [3.63, 3.8) is 0 Å². The summed E-state index contributed by atoms with van der Waals surface area (Å²) in [5, 5.41) is 11.0. The van der Waals surface area contributed by atoms with Crippen molar-refractivity contribution in [2.45, 2.75) is 12.8 Å². The normalized spacial score (nSPS) is 8.00. The lowest BCUT2D eigenvalue weighted by molar-refractivity contribution is 0.739. The number of nitrogens with zero attached hydrogens (tertiary/aromatic N) is 1. The van der Waals surface area contributed by atoms with Gasteiger partial charge in [-0.3, -0.25) is 0 Å². The van der Waals surface area contributed by atoms with Gasteiger partial charge in [0.25, 0.3) is 0 Å². The summed E-state index contributed by atoms with van der Waals surface area (Å²) in [4.78, 5) is 0. The van der Waals surface area contributed by atoms with Crippen molar-refractivity contribution < 1.29 is 0 Å². The Morgan fingerprint density at radius 3 is 2.86 bits per heavy atom. The summed E-state index contributed by atoms with van der Waals surface area (Å²) < 4.78 is 0. The average molecular weight is 98.1 g/mol. The van der Waals surface area contributed by atoms with Crippen molar-refractivity contribution in [2.24, 2.45) is 0 Å². The first-order valence-corrected chi connectivity index (χ1v) is 2.43. The molecule has 40 valence electrons. The molecule has 0 aliphatic carbocycles. The van der Waals surface area contributed by atoms with Crippen LogP contribution in [-0.2, 0) is 0 Å². The molecule has 1 N–H and O–H groups in total. The average Bonchev–Trinajstić information content (AvgIpc) is 1.69. The molecule has 2 nitrogen and oxygen atoms in total. The predicted octanol–water partition coefficient (Wildman–Crippen LogP) is 0.510. The number of rotatable bonds is 3. The molecule has 2 heteroatoms. The molecule has 0 unspecified atom stereocenters. The zero-order valence-corrected chi connectivity index (χ0v) is 4.57. The zero-order chi connectivity index (χ0) is 5.54. The number of nitrogens with one attached hydrogen (secondary N) is 1. The summed E-state index contributed by atoms with van der Waals surface area (Å²) in [6.45, 7) is 0.952. The largest absolute Gasteiger partial charge is 0.320 e. The zero-order valence-electron chi connectivity index (χ0n) is 4.57. The highest BCUT2D eigenvalue weighted by molar-refractivity contribution is 4.68. The minimum absolute atomic E-state index is 0.668. The van der Waals surface area contributed by atoms with Gasteiger partial charge >= 0.3 is 0 Å². The number of hydrogen-bond donors (Lipinski definition) is 1. The van der Waals surface area contributed by atoms with Crippen LogP contribution in [0.3, 0.4) is 0 Å². The van der Waals surface area contributed by atoms with E-state index in [1.54, 1.807) is 0 Å². The molecule has 0 heterocycles. The second kappa shape index (κ2) is 5.45. The number of hydrogen-bond acceptors (Lipinski definition) is 2. The Labute approximate surface area is 44.1 Å². The van der Waals surface area contributed by atoms with E-state index in [2.05, 4.69) is 11.4 Å². The van der Waals surface area contributed by atoms with Gasteiger partial charge in [0.15, 0.2) is 0 Å². The lowest BCUT2D eigenvalue weighted by Gasteiger charge is -1.88. The molecule has 0 fully saturated rings. The van der Waals surface area contributed by atoms with Crippen LogP contribution >= 0.6 is 0 Å². The van der Waals surface area contributed by atoms with Crippen LogP contribution in [0.15, 0.2) is 0 Å². The van der Waals surface area contributed by atoms with E-state index in [1.807, 2.05) is 7.05 Å². The summed E-state index contributed by atoms with van der Waals surface area (Å²) in [6.07, 6.45) is 1.63. The topological polar surface area (TPSA) is 35.8 Å². The highest BCUT2D eigenvalue weighted by atomic mass is 14.8. The molecule has 0 aromatic carbocycles. The van der Waals surface area contributed by atoms with E-state index in [1.165, 1.54) is 0 Å². The van der Waals surface area contributed by atoms with Gasteiger partial charge in [-0.2, -0.15) is 5.26 Å². The summed E-state index contributed by atoms with van der Waals surface area (Å²) in [5.41, 5.74) is 0. The highest BCUT2D eigenvalue weighted by Crippen LogP contribution is 1.79. The maximum atomic E-state index is 8.02. The number of unbranched alkanes of at least 4 members (excludes halogenated alkanes) is 1. The molecule has 0 rings (SSSR count). The minimum atomic E-state index is 0.668. The van der Waals surface area contributed by atoms with Gasteiger partial charge < -0.3 is 5.32 Å². The monoisotopic (exact) mass is 98.1 g/mol. The molecule has 7 heavy (non-hydrogen) atoms. The lowest BCUT2D eigenvalue weighted by atomic mass is 10.3. The van der Waals surface area contributed by atoms with Crippen molar-refractivity contribution in [1.29, 1.82) is 5.26 Å². The van der Waals surface area contributed by atoms with Crippen LogP contribution in [0.2, 0.25) is 0 Å². The van der Waals surface area contributed by atoms with Gasteiger partial charge in [0.1, 0.15) is 0 Å². The Balaban J connectivity index is 2.60. The SMILES string of the molecule is CNCCCC#N. The standard InChI is InChI=1S/C5H10N2/c1-7-5-3-2-4-6/h7H,2-3,5H2,1H3. The van der Waals surface area contributed by atoms with E-state index in [0.29, 0.717) is 6.42 Å². The van der Waals surface area contributed by atoms with Gasteiger partial charge in [-0.1, -0.05) is 0 Å². The molecule has 0 saturated heterocycles. The molecular weight excluding hydrogens is 88.1 g/mol. The van der Waals surface area contributed by atoms with Crippen LogP contribution in [0.1, 0.15) is 12.8 Å². The third-order valence-corrected chi connectivity index (χ3v) is 0.715. The summed E-state index contributed by atoms with van der Waals surface area (Å²) in [5.74, 6) is 0. The Bertz CT molecular complexity index is 63.0. The Kier molecular flexibility index (Phi) is 5.02. The van der Waals surface area contributed by atoms with Crippen molar-refractivity contribution in [1.82, 2.24) is 5.32 Å². The van der Waals surface area contributed by atoms with E-state index in [4.69, 9.17) is 5.26 Å². The lowest BCUT2D eigenvalue weighted by Crippen LogP contribution is -2.06. The molecule has 0 spiro atoms. The van der Waals surface area contributed by atoms with Gasteiger partial charge in [0, 0.05) is 6.42 Å². The number of nitriles is 1. The quantitative estimate of drug-likeness (QED) is 0.522. The van der Waals surface area contributed by atoms with E-state index in [-0.39, 0.29) is 0 Å². The fourth-order valence-electron chi connectivity index (χ4n) is 0.344. The molecular formula is C5H10N2. The van der Waals surface area contributed by atoms with E-state index < -0.39 is 0 Å². The molecule has 0 amide bonds. The van der Waals surface area contributed by atoms with E-state index in [9.17, 15) is 0 Å². The summed E-state index contributed by atoms with van der Waals surface area (Å²) in [6, 6.07) is 2.06. The van der Waals surface area contributed by atoms with Gasteiger partial charge in [-0.15, -0.1) is 0 Å². The fraction of sp³-hybridized carbons (Fsp3) is 0.800. The van der Waals surface area contributed by atoms with Crippen LogP contribution in [0, 0.1) is 11.3 Å². The van der Waals surface area contributed by atoms with Crippen LogP contribution in [0.4, 0.5) is 0 Å². The molecule has 0 aliphatic heterocycles.